The fourth-order valence-corrected chi connectivity index (χ4v) is 13.4. The molecule has 1 N–H and O–H groups in total. The summed E-state index contributed by atoms with van der Waals surface area (Å²) in [4.78, 5) is 10.5. The van der Waals surface area contributed by atoms with Gasteiger partial charge in [0.05, 0.1) is 8.07 Å². The van der Waals surface area contributed by atoms with E-state index < -0.39 is 16.4 Å². The second-order valence-corrected chi connectivity index (χ2v) is 16.1. The normalized spacial score (nSPS) is 14.9. The lowest BCUT2D eigenvalue weighted by atomic mass is 10.2. The van der Waals surface area contributed by atoms with Gasteiger partial charge in [0.15, 0.2) is 8.32 Å². The van der Waals surface area contributed by atoms with Crippen LogP contribution < -0.4 is 0 Å². The molecule has 0 aromatic heterocycles. The monoisotopic (exact) mass is 252 g/mol. The molecular weight excluding hydrogens is 228 g/mol. The lowest BCUT2D eigenvalue weighted by Crippen LogP contribution is -2.48. The molecule has 0 aliphatic carbocycles. The van der Waals surface area contributed by atoms with Crippen molar-refractivity contribution in [1.82, 2.24) is 0 Å². The van der Waals surface area contributed by atoms with Gasteiger partial charge in [0.1, 0.15) is 0 Å². The fraction of sp³-hybridized carbons (Fsp3) is 0.538. The van der Waals surface area contributed by atoms with E-state index in [1.54, 1.807) is 0 Å². The standard InChI is InChI=1S/C13H24OSi2/c1-11-7-9-12(10-8-11)13(15(2,3)4)16(5,6)14/h7-10,13-14H,1-6H3. The van der Waals surface area contributed by atoms with Crippen LogP contribution in [0.4, 0.5) is 0 Å². The van der Waals surface area contributed by atoms with Gasteiger partial charge >= 0.3 is 0 Å². The van der Waals surface area contributed by atoms with Gasteiger partial charge in [-0.2, -0.15) is 0 Å². The summed E-state index contributed by atoms with van der Waals surface area (Å²) >= 11 is 0. The number of hydrogen-bond donors (Lipinski definition) is 1. The number of aryl methyl sites for hydroxylation is 1. The molecule has 0 aliphatic heterocycles. The molecule has 0 bridgehead atoms. The van der Waals surface area contributed by atoms with Gasteiger partial charge in [0.25, 0.3) is 0 Å². The molecule has 0 fully saturated rings. The van der Waals surface area contributed by atoms with Crippen molar-refractivity contribution in [2.75, 3.05) is 0 Å². The van der Waals surface area contributed by atoms with E-state index in [2.05, 4.69) is 63.9 Å². The summed E-state index contributed by atoms with van der Waals surface area (Å²) in [6.07, 6.45) is 0. The zero-order valence-corrected chi connectivity index (χ0v) is 13.3. The molecule has 1 unspecified atom stereocenters. The SMILES string of the molecule is Cc1ccc(C([Si](C)(C)C)[Si](C)(C)O)cc1. The fourth-order valence-electron chi connectivity index (χ4n) is 2.73. The molecule has 0 spiro atoms. The van der Waals surface area contributed by atoms with Crippen LogP contribution in [0.15, 0.2) is 24.3 Å². The highest BCUT2D eigenvalue weighted by atomic mass is 28.4. The van der Waals surface area contributed by atoms with Crippen molar-refractivity contribution in [3.05, 3.63) is 35.4 Å². The smallest absolute Gasteiger partial charge is 0.187 e. The van der Waals surface area contributed by atoms with Gasteiger partial charge in [0.2, 0.25) is 0 Å². The maximum absolute atomic E-state index is 10.5. The summed E-state index contributed by atoms with van der Waals surface area (Å²) in [6, 6.07) is 8.71. The van der Waals surface area contributed by atoms with Crippen LogP contribution in [0, 0.1) is 6.92 Å². The Bertz CT molecular complexity index is 330. The van der Waals surface area contributed by atoms with Crippen LogP contribution in [-0.2, 0) is 0 Å². The van der Waals surface area contributed by atoms with Crippen molar-refractivity contribution in [2.45, 2.75) is 44.8 Å². The van der Waals surface area contributed by atoms with Gasteiger partial charge in [-0.3, -0.25) is 0 Å². The van der Waals surface area contributed by atoms with E-state index in [4.69, 9.17) is 0 Å². The molecule has 0 saturated carbocycles. The first-order chi connectivity index (χ1) is 7.12. The topological polar surface area (TPSA) is 20.2 Å². The lowest BCUT2D eigenvalue weighted by Gasteiger charge is -2.37. The van der Waals surface area contributed by atoms with Crippen molar-refractivity contribution < 1.29 is 4.80 Å². The van der Waals surface area contributed by atoms with E-state index in [9.17, 15) is 4.80 Å². The minimum absolute atomic E-state index is 0.417. The summed E-state index contributed by atoms with van der Waals surface area (Å²) in [6.45, 7) is 13.3. The van der Waals surface area contributed by atoms with Crippen molar-refractivity contribution >= 4 is 16.4 Å². The first-order valence-electron chi connectivity index (χ1n) is 5.91. The van der Waals surface area contributed by atoms with Gasteiger partial charge in [-0.1, -0.05) is 49.5 Å². The van der Waals surface area contributed by atoms with Gasteiger partial charge in [-0.25, -0.2) is 0 Å². The van der Waals surface area contributed by atoms with E-state index in [0.29, 0.717) is 5.16 Å². The minimum Gasteiger partial charge on any atom is -0.432 e. The molecule has 1 nitrogen and oxygen atoms in total. The second kappa shape index (κ2) is 4.47. The zero-order chi connectivity index (χ0) is 12.6. The molecule has 90 valence electrons. The number of rotatable bonds is 3. The van der Waals surface area contributed by atoms with E-state index in [-0.39, 0.29) is 0 Å². The molecule has 0 radical (unpaired) electrons. The molecule has 1 aromatic rings. The van der Waals surface area contributed by atoms with Crippen molar-refractivity contribution in [3.8, 4) is 0 Å². The third-order valence-electron chi connectivity index (χ3n) is 2.98. The summed E-state index contributed by atoms with van der Waals surface area (Å²) in [5.41, 5.74) is 2.62. The van der Waals surface area contributed by atoms with Crippen LogP contribution in [0.1, 0.15) is 16.3 Å². The van der Waals surface area contributed by atoms with Crippen molar-refractivity contribution in [2.24, 2.45) is 0 Å². The summed E-state index contributed by atoms with van der Waals surface area (Å²) < 4.78 is 0. The van der Waals surface area contributed by atoms with E-state index >= 15 is 0 Å². The predicted octanol–water partition coefficient (Wildman–Crippen LogP) is 3.69. The highest BCUT2D eigenvalue weighted by molar-refractivity contribution is 6.93. The molecule has 1 atom stereocenters. The Morgan fingerprint density at radius 1 is 0.938 bits per heavy atom. The molecule has 1 rings (SSSR count). The first-order valence-corrected chi connectivity index (χ1v) is 12.5. The molecule has 0 amide bonds. The van der Waals surface area contributed by atoms with E-state index in [1.807, 2.05) is 0 Å². The van der Waals surface area contributed by atoms with Gasteiger partial charge in [-0.15, -0.1) is 0 Å². The average molecular weight is 253 g/mol. The molecule has 0 heterocycles. The lowest BCUT2D eigenvalue weighted by molar-refractivity contribution is 0.543. The van der Waals surface area contributed by atoms with E-state index in [0.717, 1.165) is 0 Å². The van der Waals surface area contributed by atoms with Crippen molar-refractivity contribution in [3.63, 3.8) is 0 Å². The third kappa shape index (κ3) is 3.30. The van der Waals surface area contributed by atoms with Gasteiger partial charge in [0, 0.05) is 0 Å². The van der Waals surface area contributed by atoms with Crippen LogP contribution in [-0.4, -0.2) is 21.2 Å². The molecule has 3 heteroatoms. The van der Waals surface area contributed by atoms with Crippen molar-refractivity contribution in [1.29, 1.82) is 0 Å². The average Bonchev–Trinajstić information content (AvgIpc) is 2.03. The quantitative estimate of drug-likeness (QED) is 0.814. The van der Waals surface area contributed by atoms with E-state index in [1.165, 1.54) is 11.1 Å². The Balaban J connectivity index is 3.18. The Labute approximate surface area is 102 Å². The van der Waals surface area contributed by atoms with Crippen LogP contribution in [0.3, 0.4) is 0 Å². The second-order valence-electron chi connectivity index (χ2n) is 6.36. The number of benzene rings is 1. The molecule has 0 saturated heterocycles. The number of hydrogen-bond acceptors (Lipinski definition) is 1. The summed E-state index contributed by atoms with van der Waals surface area (Å²) in [5, 5.41) is 0.417. The Hall–Kier alpha value is -0.386. The first kappa shape index (κ1) is 13.7. The Morgan fingerprint density at radius 2 is 1.38 bits per heavy atom. The molecule has 0 aliphatic rings. The minimum atomic E-state index is -2.12. The summed E-state index contributed by atoms with van der Waals surface area (Å²) in [5.74, 6) is 0. The largest absolute Gasteiger partial charge is 0.432 e. The zero-order valence-electron chi connectivity index (χ0n) is 11.3. The van der Waals surface area contributed by atoms with Gasteiger partial charge in [-0.05, 0) is 30.7 Å². The van der Waals surface area contributed by atoms with Crippen LogP contribution in [0.25, 0.3) is 0 Å². The predicted molar refractivity (Wildman–Crippen MR) is 77.0 cm³/mol. The molecule has 1 aromatic carbocycles. The third-order valence-corrected chi connectivity index (χ3v) is 11.5. The van der Waals surface area contributed by atoms with Crippen LogP contribution in [0.2, 0.25) is 32.7 Å². The maximum Gasteiger partial charge on any atom is 0.187 e. The molecule has 16 heavy (non-hydrogen) atoms. The van der Waals surface area contributed by atoms with Gasteiger partial charge < -0.3 is 4.80 Å². The Kier molecular flexibility index (Phi) is 3.82. The highest BCUT2D eigenvalue weighted by Gasteiger charge is 2.40. The Morgan fingerprint density at radius 3 is 1.69 bits per heavy atom. The van der Waals surface area contributed by atoms with Crippen LogP contribution in [0.5, 0.6) is 0 Å². The molecular formula is C13H24OSi2. The summed E-state index contributed by atoms with van der Waals surface area (Å²) in [7, 11) is -3.49. The highest BCUT2D eigenvalue weighted by Crippen LogP contribution is 2.34. The van der Waals surface area contributed by atoms with Crippen LogP contribution >= 0.6 is 0 Å². The maximum atomic E-state index is 10.5.